The summed E-state index contributed by atoms with van der Waals surface area (Å²) < 4.78 is 11.4. The van der Waals surface area contributed by atoms with Gasteiger partial charge in [0.05, 0.1) is 5.69 Å². The average Bonchev–Trinajstić information content (AvgIpc) is 2.86. The van der Waals surface area contributed by atoms with Crippen LogP contribution in [0.3, 0.4) is 0 Å². The fourth-order valence-electron chi connectivity index (χ4n) is 3.04. The van der Waals surface area contributed by atoms with Crippen molar-refractivity contribution in [1.29, 1.82) is 0 Å². The van der Waals surface area contributed by atoms with Gasteiger partial charge in [0.2, 0.25) is 0 Å². The molecule has 0 fully saturated rings. The summed E-state index contributed by atoms with van der Waals surface area (Å²) >= 11 is 0. The molecule has 6 nitrogen and oxygen atoms in total. The Kier molecular flexibility index (Phi) is 6.98. The van der Waals surface area contributed by atoms with Gasteiger partial charge in [-0.05, 0) is 60.7 Å². The van der Waals surface area contributed by atoms with E-state index in [1.807, 2.05) is 60.7 Å². The largest absolute Gasteiger partial charge is 0.484 e. The molecule has 6 heteroatoms. The van der Waals surface area contributed by atoms with E-state index in [0.29, 0.717) is 34.2 Å². The molecule has 4 rings (SSSR count). The Morgan fingerprint density at radius 2 is 1.27 bits per heavy atom. The Morgan fingerprint density at radius 1 is 0.636 bits per heavy atom. The van der Waals surface area contributed by atoms with Gasteiger partial charge in [0.25, 0.3) is 11.8 Å². The van der Waals surface area contributed by atoms with Gasteiger partial charge < -0.3 is 20.1 Å². The van der Waals surface area contributed by atoms with E-state index in [1.54, 1.807) is 48.5 Å². The summed E-state index contributed by atoms with van der Waals surface area (Å²) in [5, 5.41) is 5.63. The van der Waals surface area contributed by atoms with Crippen molar-refractivity contribution in [3.63, 3.8) is 0 Å². The van der Waals surface area contributed by atoms with Crippen LogP contribution in [0.4, 0.5) is 11.4 Å². The van der Waals surface area contributed by atoms with Crippen LogP contribution in [0.2, 0.25) is 0 Å². The molecule has 4 aromatic rings. The van der Waals surface area contributed by atoms with Gasteiger partial charge in [0, 0.05) is 11.3 Å². The molecule has 0 radical (unpaired) electrons. The third-order valence-corrected chi connectivity index (χ3v) is 4.65. The van der Waals surface area contributed by atoms with Crippen LogP contribution in [0.15, 0.2) is 109 Å². The van der Waals surface area contributed by atoms with Gasteiger partial charge in [-0.3, -0.25) is 9.59 Å². The van der Waals surface area contributed by atoms with Crippen molar-refractivity contribution in [2.24, 2.45) is 0 Å². The molecule has 0 saturated heterocycles. The van der Waals surface area contributed by atoms with Gasteiger partial charge in [-0.1, -0.05) is 48.5 Å². The molecule has 0 unspecified atom stereocenters. The van der Waals surface area contributed by atoms with Crippen LogP contribution in [0, 0.1) is 0 Å². The molecule has 2 amide bonds. The van der Waals surface area contributed by atoms with Crippen LogP contribution in [0.5, 0.6) is 17.2 Å². The fraction of sp³-hybridized carbons (Fsp3) is 0.0370. The first-order chi connectivity index (χ1) is 16.2. The second-order valence-corrected chi connectivity index (χ2v) is 7.09. The molecule has 164 valence electrons. The lowest BCUT2D eigenvalue weighted by Gasteiger charge is -2.13. The third kappa shape index (κ3) is 6.21. The van der Waals surface area contributed by atoms with Crippen molar-refractivity contribution in [1.82, 2.24) is 0 Å². The fourth-order valence-corrected chi connectivity index (χ4v) is 3.04. The Labute approximate surface area is 191 Å². The van der Waals surface area contributed by atoms with Crippen molar-refractivity contribution in [3.8, 4) is 17.2 Å². The van der Waals surface area contributed by atoms with Crippen molar-refractivity contribution in [2.75, 3.05) is 17.2 Å². The minimum Gasteiger partial charge on any atom is -0.484 e. The maximum atomic E-state index is 12.4. The molecule has 0 atom stereocenters. The molecule has 0 heterocycles. The summed E-state index contributed by atoms with van der Waals surface area (Å²) in [5.41, 5.74) is 1.76. The molecule has 0 saturated carbocycles. The van der Waals surface area contributed by atoms with E-state index in [9.17, 15) is 9.59 Å². The van der Waals surface area contributed by atoms with Gasteiger partial charge >= 0.3 is 0 Å². The van der Waals surface area contributed by atoms with E-state index in [4.69, 9.17) is 9.47 Å². The number of nitrogens with one attached hydrogen (secondary N) is 2. The van der Waals surface area contributed by atoms with E-state index in [1.165, 1.54) is 0 Å². The first kappa shape index (κ1) is 21.6. The lowest BCUT2D eigenvalue weighted by atomic mass is 10.2. The highest BCUT2D eigenvalue weighted by atomic mass is 16.5. The molecule has 0 aliphatic carbocycles. The highest BCUT2D eigenvalue weighted by molar-refractivity contribution is 6.04. The molecular weight excluding hydrogens is 416 g/mol. The van der Waals surface area contributed by atoms with Gasteiger partial charge in [-0.25, -0.2) is 0 Å². The summed E-state index contributed by atoms with van der Waals surface area (Å²) in [6.07, 6.45) is 0. The highest BCUT2D eigenvalue weighted by Crippen LogP contribution is 2.29. The third-order valence-electron chi connectivity index (χ3n) is 4.65. The topological polar surface area (TPSA) is 76.7 Å². The second-order valence-electron chi connectivity index (χ2n) is 7.09. The predicted molar refractivity (Wildman–Crippen MR) is 128 cm³/mol. The number of hydrogen-bond acceptors (Lipinski definition) is 4. The number of carbonyl (C=O) groups is 2. The Balaban J connectivity index is 1.30. The van der Waals surface area contributed by atoms with Gasteiger partial charge in [0.1, 0.15) is 11.5 Å². The molecule has 0 bridgehead atoms. The first-order valence-corrected chi connectivity index (χ1v) is 10.4. The van der Waals surface area contributed by atoms with Crippen molar-refractivity contribution >= 4 is 23.2 Å². The summed E-state index contributed by atoms with van der Waals surface area (Å²) in [5.74, 6) is 1.21. The smallest absolute Gasteiger partial charge is 0.262 e. The first-order valence-electron chi connectivity index (χ1n) is 10.4. The van der Waals surface area contributed by atoms with E-state index >= 15 is 0 Å². The van der Waals surface area contributed by atoms with E-state index in [-0.39, 0.29) is 18.4 Å². The number of rotatable bonds is 8. The Morgan fingerprint density at radius 3 is 2.00 bits per heavy atom. The molecule has 0 spiro atoms. The Bertz CT molecular complexity index is 1210. The molecule has 0 aliphatic rings. The number of para-hydroxylation sites is 3. The summed E-state index contributed by atoms with van der Waals surface area (Å²) in [7, 11) is 0. The van der Waals surface area contributed by atoms with E-state index in [0.717, 1.165) is 0 Å². The molecule has 4 aromatic carbocycles. The van der Waals surface area contributed by atoms with Crippen LogP contribution in [-0.4, -0.2) is 18.4 Å². The van der Waals surface area contributed by atoms with E-state index in [2.05, 4.69) is 10.6 Å². The van der Waals surface area contributed by atoms with Gasteiger partial charge in [0.15, 0.2) is 12.4 Å². The number of benzene rings is 4. The molecular formula is C27H22N2O4. The van der Waals surface area contributed by atoms with Crippen LogP contribution in [0.25, 0.3) is 0 Å². The normalized spacial score (nSPS) is 10.2. The van der Waals surface area contributed by atoms with Crippen molar-refractivity contribution < 1.29 is 19.1 Å². The van der Waals surface area contributed by atoms with Crippen LogP contribution in [0.1, 0.15) is 10.4 Å². The lowest BCUT2D eigenvalue weighted by Crippen LogP contribution is -2.20. The number of carbonyl (C=O) groups excluding carboxylic acids is 2. The van der Waals surface area contributed by atoms with Crippen molar-refractivity contribution in [2.45, 2.75) is 0 Å². The maximum absolute atomic E-state index is 12.4. The minimum atomic E-state index is -0.319. The van der Waals surface area contributed by atoms with Crippen LogP contribution < -0.4 is 20.1 Å². The van der Waals surface area contributed by atoms with Crippen LogP contribution >= 0.6 is 0 Å². The lowest BCUT2D eigenvalue weighted by molar-refractivity contribution is -0.118. The monoisotopic (exact) mass is 438 g/mol. The predicted octanol–water partition coefficient (Wildman–Crippen LogP) is 5.75. The van der Waals surface area contributed by atoms with Gasteiger partial charge in [-0.15, -0.1) is 0 Å². The zero-order valence-electron chi connectivity index (χ0n) is 17.7. The average molecular weight is 438 g/mol. The zero-order valence-corrected chi connectivity index (χ0v) is 17.7. The van der Waals surface area contributed by atoms with Crippen molar-refractivity contribution in [3.05, 3.63) is 115 Å². The number of hydrogen-bond donors (Lipinski definition) is 2. The van der Waals surface area contributed by atoms with E-state index < -0.39 is 0 Å². The summed E-state index contributed by atoms with van der Waals surface area (Å²) in [6.45, 7) is -0.171. The Hall–Kier alpha value is -4.58. The molecule has 2 N–H and O–H groups in total. The quantitative estimate of drug-likeness (QED) is 0.367. The molecule has 33 heavy (non-hydrogen) atoms. The van der Waals surface area contributed by atoms with Gasteiger partial charge in [-0.2, -0.15) is 0 Å². The minimum absolute atomic E-state index is 0.171. The highest BCUT2D eigenvalue weighted by Gasteiger charge is 2.10. The molecule has 0 aromatic heterocycles. The zero-order chi connectivity index (χ0) is 22.9. The van der Waals surface area contributed by atoms with Crippen LogP contribution in [-0.2, 0) is 4.79 Å². The summed E-state index contributed by atoms with van der Waals surface area (Å²) in [6, 6.07) is 32.3. The number of anilines is 2. The number of amides is 2. The number of ether oxygens (including phenoxy) is 2. The summed E-state index contributed by atoms with van der Waals surface area (Å²) in [4.78, 5) is 24.6. The SMILES string of the molecule is O=C(COc1ccc(NC(=O)c2ccccc2)cc1)Nc1ccccc1Oc1ccccc1. The second kappa shape index (κ2) is 10.6. The molecule has 0 aliphatic heterocycles. The maximum Gasteiger partial charge on any atom is 0.262 e. The standard InChI is InChI=1S/C27H22N2O4/c30-26(29-24-13-7-8-14-25(24)33-23-11-5-2-6-12-23)19-32-22-17-15-21(16-18-22)28-27(31)20-9-3-1-4-10-20/h1-18H,19H2,(H,28,31)(H,29,30).